The molecule has 38 heavy (non-hydrogen) atoms. The van der Waals surface area contributed by atoms with Crippen molar-refractivity contribution < 1.29 is 32.2 Å². The van der Waals surface area contributed by atoms with Crippen LogP contribution in [-0.4, -0.2) is 25.3 Å². The summed E-state index contributed by atoms with van der Waals surface area (Å²) in [5.41, 5.74) is 1.15. The summed E-state index contributed by atoms with van der Waals surface area (Å²) in [5, 5.41) is 0. The smallest absolute Gasteiger partial charge is 0.343 e. The van der Waals surface area contributed by atoms with Gasteiger partial charge in [0, 0.05) is 18.2 Å². The minimum atomic E-state index is -0.899. The molecule has 0 aliphatic heterocycles. The fourth-order valence-electron chi connectivity index (χ4n) is 4.81. The predicted octanol–water partition coefficient (Wildman–Crippen LogP) is 8.23. The third kappa shape index (κ3) is 6.57. The first kappa shape index (κ1) is 27.7. The molecule has 0 unspecified atom stereocenters. The van der Waals surface area contributed by atoms with Gasteiger partial charge in [-0.25, -0.2) is 18.0 Å². The standard InChI is InChI=1S/C31H33F3O4/c1-3-5-18-37-23-12-10-21(11-13-23)26-16-15-25(29(33)30(26)34)20-6-8-22(9-7-20)31(35)38-24-14-17-28(36-4-2)27(32)19-24/h6-9,14-17,19,21,23H,3-5,10-13,18H2,1-2H3. The zero-order valence-electron chi connectivity index (χ0n) is 21.8. The maximum atomic E-state index is 15.1. The van der Waals surface area contributed by atoms with Gasteiger partial charge in [-0.1, -0.05) is 37.6 Å². The molecule has 1 saturated carbocycles. The number of hydrogen-bond donors (Lipinski definition) is 0. The molecule has 3 aromatic carbocycles. The lowest BCUT2D eigenvalue weighted by atomic mass is 9.82. The van der Waals surface area contributed by atoms with Gasteiger partial charge in [0.15, 0.2) is 23.2 Å². The minimum Gasteiger partial charge on any atom is -0.491 e. The number of rotatable bonds is 10. The molecule has 4 rings (SSSR count). The van der Waals surface area contributed by atoms with E-state index in [0.717, 1.165) is 51.2 Å². The van der Waals surface area contributed by atoms with E-state index >= 15 is 8.78 Å². The van der Waals surface area contributed by atoms with E-state index < -0.39 is 23.4 Å². The van der Waals surface area contributed by atoms with Crippen LogP contribution in [-0.2, 0) is 4.74 Å². The zero-order valence-corrected chi connectivity index (χ0v) is 21.8. The molecule has 7 heteroatoms. The van der Waals surface area contributed by atoms with Crippen molar-refractivity contribution in [2.45, 2.75) is 64.4 Å². The summed E-state index contributed by atoms with van der Waals surface area (Å²) in [6.07, 6.45) is 5.54. The normalized spacial score (nSPS) is 17.3. The van der Waals surface area contributed by atoms with Gasteiger partial charge in [0.1, 0.15) is 5.75 Å². The zero-order chi connectivity index (χ0) is 27.1. The first-order valence-corrected chi connectivity index (χ1v) is 13.3. The van der Waals surface area contributed by atoms with Gasteiger partial charge in [-0.15, -0.1) is 0 Å². The quantitative estimate of drug-likeness (QED) is 0.152. The van der Waals surface area contributed by atoms with Crippen molar-refractivity contribution in [1.29, 1.82) is 0 Å². The number of hydrogen-bond acceptors (Lipinski definition) is 4. The number of benzene rings is 3. The number of carbonyl (C=O) groups is 1. The van der Waals surface area contributed by atoms with Gasteiger partial charge in [-0.3, -0.25) is 0 Å². The molecule has 0 saturated heterocycles. The number of ether oxygens (including phenoxy) is 3. The van der Waals surface area contributed by atoms with E-state index in [9.17, 15) is 9.18 Å². The molecule has 0 bridgehead atoms. The Bertz CT molecular complexity index is 1230. The maximum Gasteiger partial charge on any atom is 0.343 e. The van der Waals surface area contributed by atoms with E-state index in [1.807, 2.05) is 0 Å². The van der Waals surface area contributed by atoms with Crippen LogP contribution in [0.25, 0.3) is 11.1 Å². The second kappa shape index (κ2) is 13.0. The van der Waals surface area contributed by atoms with Gasteiger partial charge < -0.3 is 14.2 Å². The number of unbranched alkanes of at least 4 members (excludes halogenated alkanes) is 1. The molecule has 4 nitrogen and oxygen atoms in total. The summed E-state index contributed by atoms with van der Waals surface area (Å²) < 4.78 is 60.5. The van der Waals surface area contributed by atoms with E-state index in [1.54, 1.807) is 19.1 Å². The lowest BCUT2D eigenvalue weighted by Crippen LogP contribution is -2.22. The van der Waals surface area contributed by atoms with Gasteiger partial charge >= 0.3 is 5.97 Å². The molecule has 0 atom stereocenters. The van der Waals surface area contributed by atoms with E-state index in [-0.39, 0.29) is 34.6 Å². The lowest BCUT2D eigenvalue weighted by molar-refractivity contribution is 0.0230. The second-order valence-electron chi connectivity index (χ2n) is 9.52. The second-order valence-corrected chi connectivity index (χ2v) is 9.52. The monoisotopic (exact) mass is 526 g/mol. The minimum absolute atomic E-state index is 0.0327. The van der Waals surface area contributed by atoms with E-state index in [2.05, 4.69) is 6.92 Å². The highest BCUT2D eigenvalue weighted by Crippen LogP contribution is 2.38. The number of esters is 1. The molecule has 3 aromatic rings. The van der Waals surface area contributed by atoms with Crippen LogP contribution < -0.4 is 9.47 Å². The Labute approximate surface area is 221 Å². The van der Waals surface area contributed by atoms with Gasteiger partial charge in [0.25, 0.3) is 0 Å². The van der Waals surface area contributed by atoms with Crippen LogP contribution in [0, 0.1) is 17.5 Å². The molecule has 0 aromatic heterocycles. The molecule has 0 radical (unpaired) electrons. The van der Waals surface area contributed by atoms with Crippen LogP contribution in [0.1, 0.15) is 74.2 Å². The first-order chi connectivity index (χ1) is 18.4. The predicted molar refractivity (Wildman–Crippen MR) is 140 cm³/mol. The fourth-order valence-corrected chi connectivity index (χ4v) is 4.81. The maximum absolute atomic E-state index is 15.1. The fraction of sp³-hybridized carbons (Fsp3) is 0.387. The van der Waals surface area contributed by atoms with E-state index in [4.69, 9.17) is 14.2 Å². The first-order valence-electron chi connectivity index (χ1n) is 13.3. The molecule has 1 aliphatic carbocycles. The molecular formula is C31H33F3O4. The molecule has 0 N–H and O–H groups in total. The van der Waals surface area contributed by atoms with Crippen LogP contribution in [0.3, 0.4) is 0 Å². The Morgan fingerprint density at radius 2 is 1.63 bits per heavy atom. The van der Waals surface area contributed by atoms with Crippen molar-refractivity contribution in [3.63, 3.8) is 0 Å². The summed E-state index contributed by atoms with van der Waals surface area (Å²) in [6.45, 7) is 4.92. The van der Waals surface area contributed by atoms with E-state index in [1.165, 1.54) is 36.4 Å². The Hall–Kier alpha value is -3.32. The topological polar surface area (TPSA) is 44.8 Å². The highest BCUT2D eigenvalue weighted by atomic mass is 19.2. The largest absolute Gasteiger partial charge is 0.491 e. The summed E-state index contributed by atoms with van der Waals surface area (Å²) in [5.74, 6) is -2.98. The highest BCUT2D eigenvalue weighted by Gasteiger charge is 2.27. The Balaban J connectivity index is 1.41. The van der Waals surface area contributed by atoms with Crippen LogP contribution in [0.5, 0.6) is 11.5 Å². The van der Waals surface area contributed by atoms with Crippen LogP contribution >= 0.6 is 0 Å². The van der Waals surface area contributed by atoms with Gasteiger partial charge in [-0.2, -0.15) is 0 Å². The molecule has 0 heterocycles. The molecular weight excluding hydrogens is 493 g/mol. The van der Waals surface area contributed by atoms with Crippen LogP contribution in [0.15, 0.2) is 54.6 Å². The summed E-state index contributed by atoms with van der Waals surface area (Å²) >= 11 is 0. The van der Waals surface area contributed by atoms with Crippen LogP contribution in [0.2, 0.25) is 0 Å². The van der Waals surface area contributed by atoms with Crippen molar-refractivity contribution in [3.05, 3.63) is 83.2 Å². The third-order valence-electron chi connectivity index (χ3n) is 6.92. The summed E-state index contributed by atoms with van der Waals surface area (Å²) in [4.78, 5) is 12.5. The summed E-state index contributed by atoms with van der Waals surface area (Å²) in [6, 6.07) is 13.2. The van der Waals surface area contributed by atoms with Crippen molar-refractivity contribution in [2.75, 3.05) is 13.2 Å². The van der Waals surface area contributed by atoms with Crippen molar-refractivity contribution in [2.24, 2.45) is 0 Å². The van der Waals surface area contributed by atoms with E-state index in [0.29, 0.717) is 17.7 Å². The number of carbonyl (C=O) groups excluding carboxylic acids is 1. The van der Waals surface area contributed by atoms with Gasteiger partial charge in [-0.05, 0) is 80.3 Å². The molecule has 1 fully saturated rings. The lowest BCUT2D eigenvalue weighted by Gasteiger charge is -2.29. The van der Waals surface area contributed by atoms with Crippen molar-refractivity contribution in [1.82, 2.24) is 0 Å². The molecule has 1 aliphatic rings. The highest BCUT2D eigenvalue weighted by molar-refractivity contribution is 5.91. The third-order valence-corrected chi connectivity index (χ3v) is 6.92. The Morgan fingerprint density at radius 3 is 2.29 bits per heavy atom. The average Bonchev–Trinajstić information content (AvgIpc) is 2.92. The Morgan fingerprint density at radius 1 is 0.895 bits per heavy atom. The SMILES string of the molecule is CCCCOC1CCC(c2ccc(-c3ccc(C(=O)Oc4ccc(OCC)c(F)c4)cc3)c(F)c2F)CC1. The van der Waals surface area contributed by atoms with Crippen molar-refractivity contribution >= 4 is 5.97 Å². The number of halogens is 3. The summed E-state index contributed by atoms with van der Waals surface area (Å²) in [7, 11) is 0. The van der Waals surface area contributed by atoms with Gasteiger partial charge in [0.2, 0.25) is 0 Å². The Kier molecular flexibility index (Phi) is 9.45. The molecule has 202 valence electrons. The molecule has 0 amide bonds. The molecule has 0 spiro atoms. The average molecular weight is 527 g/mol. The van der Waals surface area contributed by atoms with Crippen LogP contribution in [0.4, 0.5) is 13.2 Å². The van der Waals surface area contributed by atoms with Crippen molar-refractivity contribution in [3.8, 4) is 22.6 Å². The van der Waals surface area contributed by atoms with Gasteiger partial charge in [0.05, 0.1) is 18.3 Å².